The largest absolute Gasteiger partial charge is 0.383 e. The predicted octanol–water partition coefficient (Wildman–Crippen LogP) is 3.36. The van der Waals surface area contributed by atoms with Crippen molar-refractivity contribution in [3.8, 4) is 0 Å². The molecule has 0 saturated carbocycles. The Bertz CT molecular complexity index is 393. The van der Waals surface area contributed by atoms with Gasteiger partial charge in [-0.3, -0.25) is 0 Å². The van der Waals surface area contributed by atoms with E-state index in [2.05, 4.69) is 56.2 Å². The second-order valence-corrected chi connectivity index (χ2v) is 5.55. The summed E-state index contributed by atoms with van der Waals surface area (Å²) in [5.74, 6) is 0. The van der Waals surface area contributed by atoms with E-state index in [-0.39, 0.29) is 0 Å². The molecule has 1 aromatic carbocycles. The quantitative estimate of drug-likeness (QED) is 0.701. The molecule has 0 radical (unpaired) electrons. The first-order valence-electron chi connectivity index (χ1n) is 7.62. The average Bonchev–Trinajstić information content (AvgIpc) is 2.43. The molecule has 0 aliphatic carbocycles. The summed E-state index contributed by atoms with van der Waals surface area (Å²) in [4.78, 5) is 2.40. The van der Waals surface area contributed by atoms with Gasteiger partial charge in [0.25, 0.3) is 0 Å². The number of aryl methyl sites for hydroxylation is 1. The predicted molar refractivity (Wildman–Crippen MR) is 87.5 cm³/mol. The number of benzene rings is 1. The van der Waals surface area contributed by atoms with Gasteiger partial charge in [-0.25, -0.2) is 0 Å². The lowest BCUT2D eigenvalue weighted by Gasteiger charge is -2.29. The molecule has 1 atom stereocenters. The fraction of sp³-hybridized carbons (Fsp3) is 0.647. The lowest BCUT2D eigenvalue weighted by molar-refractivity contribution is 0.199. The fourth-order valence-electron chi connectivity index (χ4n) is 2.45. The van der Waals surface area contributed by atoms with Crippen LogP contribution in [0.25, 0.3) is 0 Å². The molecule has 20 heavy (non-hydrogen) atoms. The highest BCUT2D eigenvalue weighted by Gasteiger charge is 2.12. The zero-order valence-corrected chi connectivity index (χ0v) is 13.7. The van der Waals surface area contributed by atoms with Crippen LogP contribution in [-0.4, -0.2) is 33.4 Å². The Morgan fingerprint density at radius 1 is 1.35 bits per heavy atom. The number of rotatable bonds is 9. The normalized spacial score (nSPS) is 12.4. The van der Waals surface area contributed by atoms with Crippen molar-refractivity contribution in [2.75, 3.05) is 32.2 Å². The molecule has 114 valence electrons. The summed E-state index contributed by atoms with van der Waals surface area (Å²) in [6.07, 6.45) is 2.44. The molecule has 0 aliphatic rings. The monoisotopic (exact) mass is 278 g/mol. The summed E-state index contributed by atoms with van der Waals surface area (Å²) in [5.41, 5.74) is 4.02. The Morgan fingerprint density at radius 3 is 2.75 bits per heavy atom. The van der Waals surface area contributed by atoms with Crippen LogP contribution in [0.4, 0.5) is 5.69 Å². The summed E-state index contributed by atoms with van der Waals surface area (Å²) in [6.45, 7) is 9.22. The van der Waals surface area contributed by atoms with Gasteiger partial charge in [0.1, 0.15) is 0 Å². The van der Waals surface area contributed by atoms with E-state index in [1.54, 1.807) is 7.11 Å². The van der Waals surface area contributed by atoms with Crippen molar-refractivity contribution in [1.82, 2.24) is 5.32 Å². The van der Waals surface area contributed by atoms with Crippen LogP contribution >= 0.6 is 0 Å². The first-order valence-corrected chi connectivity index (χ1v) is 7.62. The summed E-state index contributed by atoms with van der Waals surface area (Å²) in [5, 5.41) is 3.44. The van der Waals surface area contributed by atoms with Crippen molar-refractivity contribution >= 4 is 5.69 Å². The number of ether oxygens (including phenoxy) is 1. The standard InChI is InChI=1S/C17H30N2O/c1-6-7-15(3)19(4)17-9-8-14(2)12-16(17)13-18-10-11-20-5/h8-9,12,15,18H,6-7,10-11,13H2,1-5H3. The Morgan fingerprint density at radius 2 is 2.10 bits per heavy atom. The number of anilines is 1. The van der Waals surface area contributed by atoms with Crippen LogP contribution in [-0.2, 0) is 11.3 Å². The van der Waals surface area contributed by atoms with Gasteiger partial charge in [-0.05, 0) is 31.9 Å². The van der Waals surface area contributed by atoms with Crippen molar-refractivity contribution in [2.24, 2.45) is 0 Å². The van der Waals surface area contributed by atoms with Crippen LogP contribution in [0.5, 0.6) is 0 Å². The second-order valence-electron chi connectivity index (χ2n) is 5.55. The Kier molecular flexibility index (Phi) is 7.63. The van der Waals surface area contributed by atoms with Crippen molar-refractivity contribution in [2.45, 2.75) is 46.2 Å². The molecule has 0 amide bonds. The minimum absolute atomic E-state index is 0.570. The first kappa shape index (κ1) is 17.0. The molecule has 0 spiro atoms. The van der Waals surface area contributed by atoms with Gasteiger partial charge in [-0.1, -0.05) is 31.0 Å². The molecule has 1 rings (SSSR count). The van der Waals surface area contributed by atoms with E-state index in [9.17, 15) is 0 Å². The van der Waals surface area contributed by atoms with E-state index in [0.717, 1.165) is 19.7 Å². The van der Waals surface area contributed by atoms with Crippen LogP contribution in [0.3, 0.4) is 0 Å². The summed E-state index contributed by atoms with van der Waals surface area (Å²) in [6, 6.07) is 7.29. The van der Waals surface area contributed by atoms with E-state index in [1.165, 1.54) is 29.7 Å². The van der Waals surface area contributed by atoms with Crippen molar-refractivity contribution in [3.05, 3.63) is 29.3 Å². The lowest BCUT2D eigenvalue weighted by Crippen LogP contribution is -2.30. The summed E-state index contributed by atoms with van der Waals surface area (Å²) >= 11 is 0. The van der Waals surface area contributed by atoms with Gasteiger partial charge in [-0.15, -0.1) is 0 Å². The van der Waals surface area contributed by atoms with Crippen LogP contribution in [0, 0.1) is 6.92 Å². The van der Waals surface area contributed by atoms with E-state index >= 15 is 0 Å². The molecule has 3 heteroatoms. The highest BCUT2D eigenvalue weighted by atomic mass is 16.5. The third-order valence-corrected chi connectivity index (χ3v) is 3.78. The SMILES string of the molecule is CCCC(C)N(C)c1ccc(C)cc1CNCCOC. The maximum absolute atomic E-state index is 5.08. The lowest BCUT2D eigenvalue weighted by atomic mass is 10.1. The number of methoxy groups -OCH3 is 1. The Balaban J connectivity index is 2.78. The van der Waals surface area contributed by atoms with Crippen molar-refractivity contribution in [1.29, 1.82) is 0 Å². The molecular formula is C17H30N2O. The van der Waals surface area contributed by atoms with Crippen LogP contribution in [0.1, 0.15) is 37.8 Å². The maximum atomic E-state index is 5.08. The molecule has 0 heterocycles. The van der Waals surface area contributed by atoms with Gasteiger partial charge in [0.05, 0.1) is 6.61 Å². The molecule has 0 fully saturated rings. The van der Waals surface area contributed by atoms with Gasteiger partial charge in [0.2, 0.25) is 0 Å². The van der Waals surface area contributed by atoms with E-state index < -0.39 is 0 Å². The van der Waals surface area contributed by atoms with Gasteiger partial charge < -0.3 is 15.0 Å². The Labute approximate surface area is 124 Å². The summed E-state index contributed by atoms with van der Waals surface area (Å²) < 4.78 is 5.08. The van der Waals surface area contributed by atoms with E-state index in [1.807, 2.05) is 0 Å². The molecule has 1 N–H and O–H groups in total. The molecule has 0 saturated heterocycles. The highest BCUT2D eigenvalue weighted by molar-refractivity contribution is 5.55. The molecule has 1 aromatic rings. The van der Waals surface area contributed by atoms with E-state index in [4.69, 9.17) is 4.74 Å². The van der Waals surface area contributed by atoms with Crippen LogP contribution in [0.15, 0.2) is 18.2 Å². The molecule has 0 bridgehead atoms. The number of hydrogen-bond acceptors (Lipinski definition) is 3. The smallest absolute Gasteiger partial charge is 0.0587 e. The molecule has 1 unspecified atom stereocenters. The van der Waals surface area contributed by atoms with Gasteiger partial charge in [0, 0.05) is 39.0 Å². The molecule has 0 aliphatic heterocycles. The number of nitrogens with zero attached hydrogens (tertiary/aromatic N) is 1. The third kappa shape index (κ3) is 5.14. The minimum Gasteiger partial charge on any atom is -0.383 e. The average molecular weight is 278 g/mol. The van der Waals surface area contributed by atoms with Crippen molar-refractivity contribution < 1.29 is 4.74 Å². The molecule has 3 nitrogen and oxygen atoms in total. The first-order chi connectivity index (χ1) is 9.60. The number of nitrogens with one attached hydrogen (secondary N) is 1. The fourth-order valence-corrected chi connectivity index (χ4v) is 2.45. The molecular weight excluding hydrogens is 248 g/mol. The minimum atomic E-state index is 0.570. The van der Waals surface area contributed by atoms with Crippen LogP contribution < -0.4 is 10.2 Å². The number of hydrogen-bond donors (Lipinski definition) is 1. The van der Waals surface area contributed by atoms with Gasteiger partial charge in [-0.2, -0.15) is 0 Å². The zero-order valence-electron chi connectivity index (χ0n) is 13.7. The maximum Gasteiger partial charge on any atom is 0.0587 e. The second kappa shape index (κ2) is 8.98. The third-order valence-electron chi connectivity index (χ3n) is 3.78. The van der Waals surface area contributed by atoms with Gasteiger partial charge >= 0.3 is 0 Å². The van der Waals surface area contributed by atoms with E-state index in [0.29, 0.717) is 6.04 Å². The topological polar surface area (TPSA) is 24.5 Å². The zero-order chi connectivity index (χ0) is 15.0. The molecule has 0 aromatic heterocycles. The highest BCUT2D eigenvalue weighted by Crippen LogP contribution is 2.24. The van der Waals surface area contributed by atoms with Gasteiger partial charge in [0.15, 0.2) is 0 Å². The summed E-state index contributed by atoms with van der Waals surface area (Å²) in [7, 11) is 3.93. The van der Waals surface area contributed by atoms with Crippen molar-refractivity contribution in [3.63, 3.8) is 0 Å². The Hall–Kier alpha value is -1.06. The van der Waals surface area contributed by atoms with Crippen LogP contribution in [0.2, 0.25) is 0 Å².